The fraction of sp³-hybridized carbons (Fsp3) is 0.500. The summed E-state index contributed by atoms with van der Waals surface area (Å²) >= 11 is 7.08. The minimum atomic E-state index is -0.371. The topological polar surface area (TPSA) is 46.6 Å². The molecule has 1 aliphatic rings. The van der Waals surface area contributed by atoms with E-state index in [0.29, 0.717) is 36.0 Å². The second-order valence-corrected chi connectivity index (χ2v) is 5.31. The van der Waals surface area contributed by atoms with Crippen molar-refractivity contribution >= 4 is 40.5 Å². The summed E-state index contributed by atoms with van der Waals surface area (Å²) in [6.45, 7) is 2.66. The van der Waals surface area contributed by atoms with Crippen LogP contribution in [0.5, 0.6) is 0 Å². The maximum Gasteiger partial charge on any atom is 0.350 e. The maximum absolute atomic E-state index is 11.9. The summed E-state index contributed by atoms with van der Waals surface area (Å²) in [6.07, 6.45) is 0.446. The molecule has 6 heteroatoms. The quantitative estimate of drug-likeness (QED) is 0.631. The lowest BCUT2D eigenvalue weighted by Gasteiger charge is -2.16. The van der Waals surface area contributed by atoms with Gasteiger partial charge in [-0.3, -0.25) is 4.79 Å². The summed E-state index contributed by atoms with van der Waals surface area (Å²) in [5.41, 5.74) is 0.649. The monoisotopic (exact) mass is 287 g/mol. The van der Waals surface area contributed by atoms with E-state index < -0.39 is 0 Å². The number of alkyl halides is 1. The van der Waals surface area contributed by atoms with E-state index in [9.17, 15) is 9.59 Å². The number of halogens is 1. The van der Waals surface area contributed by atoms with Crippen molar-refractivity contribution in [3.8, 4) is 0 Å². The molecule has 2 heterocycles. The van der Waals surface area contributed by atoms with Gasteiger partial charge in [-0.05, 0) is 24.3 Å². The van der Waals surface area contributed by atoms with Crippen molar-refractivity contribution in [3.05, 3.63) is 16.3 Å². The van der Waals surface area contributed by atoms with Gasteiger partial charge in [0, 0.05) is 18.8 Å². The summed E-state index contributed by atoms with van der Waals surface area (Å²) in [5.74, 6) is 0.268. The van der Waals surface area contributed by atoms with Gasteiger partial charge in [-0.1, -0.05) is 0 Å². The fourth-order valence-corrected chi connectivity index (χ4v) is 2.98. The molecule has 2 rings (SSSR count). The molecule has 18 heavy (non-hydrogen) atoms. The first-order chi connectivity index (χ1) is 8.67. The zero-order chi connectivity index (χ0) is 13.1. The van der Waals surface area contributed by atoms with Crippen LogP contribution in [0.2, 0.25) is 0 Å². The predicted octanol–water partition coefficient (Wildman–Crippen LogP) is 2.52. The van der Waals surface area contributed by atoms with Gasteiger partial charge in [0.1, 0.15) is 4.88 Å². The van der Waals surface area contributed by atoms with Gasteiger partial charge in [0.15, 0.2) is 0 Å². The van der Waals surface area contributed by atoms with Crippen LogP contribution in [-0.2, 0) is 9.53 Å². The third-order valence-electron chi connectivity index (χ3n) is 2.82. The van der Waals surface area contributed by atoms with Crippen LogP contribution in [0.15, 0.2) is 11.4 Å². The largest absolute Gasteiger partial charge is 0.462 e. The molecule has 1 fully saturated rings. The average molecular weight is 288 g/mol. The highest BCUT2D eigenvalue weighted by molar-refractivity contribution is 7.12. The van der Waals surface area contributed by atoms with Crippen molar-refractivity contribution in [2.45, 2.75) is 13.3 Å². The molecule has 0 aliphatic carbocycles. The molecule has 0 aromatic carbocycles. The van der Waals surface area contributed by atoms with Gasteiger partial charge < -0.3 is 9.64 Å². The molecule has 0 bridgehead atoms. The zero-order valence-electron chi connectivity index (χ0n) is 10.0. The van der Waals surface area contributed by atoms with Crippen LogP contribution >= 0.6 is 22.9 Å². The van der Waals surface area contributed by atoms with E-state index in [-0.39, 0.29) is 17.8 Å². The Balaban J connectivity index is 2.21. The Kier molecular flexibility index (Phi) is 4.24. The number of ether oxygens (including phenoxy) is 1. The average Bonchev–Trinajstić information content (AvgIpc) is 2.94. The molecule has 1 atom stereocenters. The summed E-state index contributed by atoms with van der Waals surface area (Å²) < 4.78 is 4.98. The number of rotatable bonds is 4. The van der Waals surface area contributed by atoms with Crippen LogP contribution in [-0.4, -0.2) is 30.9 Å². The highest BCUT2D eigenvalue weighted by Crippen LogP contribution is 2.32. The lowest BCUT2D eigenvalue weighted by Crippen LogP contribution is -2.26. The predicted molar refractivity (Wildman–Crippen MR) is 71.5 cm³/mol. The number of nitrogens with zero attached hydrogens (tertiary/aromatic N) is 1. The molecule has 0 N–H and O–H groups in total. The first kappa shape index (κ1) is 13.4. The van der Waals surface area contributed by atoms with Gasteiger partial charge >= 0.3 is 5.97 Å². The van der Waals surface area contributed by atoms with Crippen molar-refractivity contribution in [1.82, 2.24) is 0 Å². The fourth-order valence-electron chi connectivity index (χ4n) is 1.98. The molecule has 1 aromatic heterocycles. The Bertz CT molecular complexity index is 460. The molecule has 1 amide bonds. The highest BCUT2D eigenvalue weighted by Gasteiger charge is 2.32. The van der Waals surface area contributed by atoms with E-state index in [4.69, 9.17) is 16.3 Å². The lowest BCUT2D eigenvalue weighted by atomic mass is 10.1. The Morgan fingerprint density at radius 2 is 2.44 bits per heavy atom. The first-order valence-corrected chi connectivity index (χ1v) is 7.19. The molecular weight excluding hydrogens is 274 g/mol. The van der Waals surface area contributed by atoms with Crippen LogP contribution in [0, 0.1) is 5.92 Å². The van der Waals surface area contributed by atoms with Crippen molar-refractivity contribution in [3.63, 3.8) is 0 Å². The van der Waals surface area contributed by atoms with Crippen LogP contribution in [0.3, 0.4) is 0 Å². The van der Waals surface area contributed by atoms with Gasteiger partial charge in [-0.25, -0.2) is 4.79 Å². The number of amides is 1. The summed E-state index contributed by atoms with van der Waals surface area (Å²) in [4.78, 5) is 25.8. The van der Waals surface area contributed by atoms with Crippen molar-refractivity contribution < 1.29 is 14.3 Å². The third kappa shape index (κ3) is 2.52. The number of esters is 1. The molecule has 1 aromatic rings. The van der Waals surface area contributed by atoms with E-state index in [2.05, 4.69) is 0 Å². The van der Waals surface area contributed by atoms with E-state index in [1.165, 1.54) is 11.3 Å². The van der Waals surface area contributed by atoms with E-state index in [0.717, 1.165) is 0 Å². The van der Waals surface area contributed by atoms with Crippen LogP contribution in [0.1, 0.15) is 23.0 Å². The molecule has 1 aliphatic heterocycles. The first-order valence-electron chi connectivity index (χ1n) is 5.78. The third-order valence-corrected chi connectivity index (χ3v) is 4.14. The number of carbonyl (C=O) groups is 2. The molecular formula is C12H14ClNO3S. The summed E-state index contributed by atoms with van der Waals surface area (Å²) in [5, 5.41) is 1.79. The number of thiophene rings is 1. The van der Waals surface area contributed by atoms with Crippen LogP contribution < -0.4 is 4.90 Å². The van der Waals surface area contributed by atoms with Gasteiger partial charge in [0.2, 0.25) is 5.91 Å². The zero-order valence-corrected chi connectivity index (χ0v) is 11.6. The second kappa shape index (κ2) is 5.71. The number of carbonyl (C=O) groups excluding carboxylic acids is 2. The van der Waals surface area contributed by atoms with Crippen molar-refractivity contribution in [2.75, 3.05) is 23.9 Å². The second-order valence-electron chi connectivity index (χ2n) is 4.08. The summed E-state index contributed by atoms with van der Waals surface area (Å²) in [6, 6.07) is 1.78. The number of hydrogen-bond acceptors (Lipinski definition) is 4. The molecule has 0 saturated carbocycles. The van der Waals surface area contributed by atoms with E-state index in [1.54, 1.807) is 23.3 Å². The van der Waals surface area contributed by atoms with E-state index in [1.807, 2.05) is 0 Å². The normalized spacial score (nSPS) is 19.3. The number of anilines is 1. The van der Waals surface area contributed by atoms with Crippen molar-refractivity contribution in [1.29, 1.82) is 0 Å². The Labute approximate surface area is 114 Å². The van der Waals surface area contributed by atoms with E-state index >= 15 is 0 Å². The number of hydrogen-bond donors (Lipinski definition) is 0. The Morgan fingerprint density at radius 3 is 3.06 bits per heavy atom. The smallest absolute Gasteiger partial charge is 0.350 e. The van der Waals surface area contributed by atoms with Crippen LogP contribution in [0.4, 0.5) is 5.69 Å². The minimum absolute atomic E-state index is 0.0181. The van der Waals surface area contributed by atoms with Crippen molar-refractivity contribution in [2.24, 2.45) is 5.92 Å². The lowest BCUT2D eigenvalue weighted by molar-refractivity contribution is -0.117. The van der Waals surface area contributed by atoms with Crippen LogP contribution in [0.25, 0.3) is 0 Å². The van der Waals surface area contributed by atoms with Gasteiger partial charge in [0.05, 0.1) is 12.3 Å². The molecule has 1 saturated heterocycles. The standard InChI is InChI=1S/C12H14ClNO3S/c1-2-17-12(16)11-9(3-4-18-11)14-7-8(6-13)5-10(14)15/h3-4,8H,2,5-7H2,1H3. The molecule has 0 radical (unpaired) electrons. The Morgan fingerprint density at radius 1 is 1.67 bits per heavy atom. The highest BCUT2D eigenvalue weighted by atomic mass is 35.5. The minimum Gasteiger partial charge on any atom is -0.462 e. The maximum atomic E-state index is 11.9. The van der Waals surface area contributed by atoms with Gasteiger partial charge in [0.25, 0.3) is 0 Å². The summed E-state index contributed by atoms with van der Waals surface area (Å²) in [7, 11) is 0. The van der Waals surface area contributed by atoms with Gasteiger partial charge in [-0.2, -0.15) is 0 Å². The molecule has 0 spiro atoms. The molecule has 4 nitrogen and oxygen atoms in total. The molecule has 98 valence electrons. The SMILES string of the molecule is CCOC(=O)c1sccc1N1CC(CCl)CC1=O. The van der Waals surface area contributed by atoms with Gasteiger partial charge in [-0.15, -0.1) is 22.9 Å². The Hall–Kier alpha value is -1.07. The molecule has 1 unspecified atom stereocenters.